The largest absolute Gasteiger partial charge is 0.311 e. The first-order chi connectivity index (χ1) is 9.78. The summed E-state index contributed by atoms with van der Waals surface area (Å²) in [6.45, 7) is 8.47. The number of benzene rings is 1. The first kappa shape index (κ1) is 14.1. The fourth-order valence-corrected chi connectivity index (χ4v) is 3.69. The van der Waals surface area contributed by atoms with Crippen molar-refractivity contribution < 1.29 is 0 Å². The summed E-state index contributed by atoms with van der Waals surface area (Å²) in [5, 5.41) is 3.89. The molecule has 1 saturated carbocycles. The number of likely N-dealkylation sites (tertiary alicyclic amines) is 1. The number of hydrogen-bond donors (Lipinski definition) is 1. The van der Waals surface area contributed by atoms with Gasteiger partial charge in [-0.2, -0.15) is 0 Å². The molecule has 0 aromatic heterocycles. The molecular formula is C18H28N2. The summed E-state index contributed by atoms with van der Waals surface area (Å²) in [6, 6.07) is 12.4. The summed E-state index contributed by atoms with van der Waals surface area (Å²) in [5.74, 6) is 1.63. The molecule has 1 heterocycles. The molecule has 0 spiro atoms. The normalized spacial score (nSPS) is 29.3. The summed E-state index contributed by atoms with van der Waals surface area (Å²) in [7, 11) is 0. The Kier molecular flexibility index (Phi) is 4.42. The van der Waals surface area contributed by atoms with Crippen molar-refractivity contribution in [3.8, 4) is 0 Å². The Hall–Kier alpha value is -0.860. The van der Waals surface area contributed by atoms with E-state index < -0.39 is 0 Å². The molecule has 1 aliphatic carbocycles. The lowest BCUT2D eigenvalue weighted by Gasteiger charge is -2.34. The maximum absolute atomic E-state index is 3.89. The first-order valence-corrected chi connectivity index (χ1v) is 8.31. The highest BCUT2D eigenvalue weighted by molar-refractivity contribution is 5.27. The molecule has 0 amide bonds. The molecule has 110 valence electrons. The molecule has 1 saturated heterocycles. The van der Waals surface area contributed by atoms with Gasteiger partial charge in [-0.3, -0.25) is 0 Å². The van der Waals surface area contributed by atoms with Gasteiger partial charge in [-0.1, -0.05) is 37.3 Å². The Morgan fingerprint density at radius 1 is 1.20 bits per heavy atom. The van der Waals surface area contributed by atoms with Crippen molar-refractivity contribution in [1.82, 2.24) is 10.2 Å². The Bertz CT molecular complexity index is 409. The Morgan fingerprint density at radius 2 is 1.90 bits per heavy atom. The predicted octanol–water partition coefficient (Wildman–Crippen LogP) is 3.25. The van der Waals surface area contributed by atoms with Crippen molar-refractivity contribution in [2.45, 2.75) is 51.1 Å². The minimum absolute atomic E-state index is 0.674. The van der Waals surface area contributed by atoms with E-state index in [1.807, 2.05) is 0 Å². The van der Waals surface area contributed by atoms with E-state index in [2.05, 4.69) is 54.4 Å². The molecule has 2 fully saturated rings. The molecule has 1 aliphatic heterocycles. The second-order valence-corrected chi connectivity index (χ2v) is 6.59. The van der Waals surface area contributed by atoms with Crippen LogP contribution in [-0.2, 0) is 0 Å². The van der Waals surface area contributed by atoms with E-state index in [0.717, 1.165) is 17.9 Å². The predicted molar refractivity (Wildman–Crippen MR) is 85.0 cm³/mol. The molecule has 20 heavy (non-hydrogen) atoms. The third kappa shape index (κ3) is 3.24. The fourth-order valence-electron chi connectivity index (χ4n) is 3.69. The lowest BCUT2D eigenvalue weighted by Crippen LogP contribution is -2.42. The van der Waals surface area contributed by atoms with Gasteiger partial charge in [-0.25, -0.2) is 0 Å². The van der Waals surface area contributed by atoms with E-state index in [4.69, 9.17) is 0 Å². The highest BCUT2D eigenvalue weighted by atomic mass is 15.1. The zero-order valence-corrected chi connectivity index (χ0v) is 12.9. The van der Waals surface area contributed by atoms with Gasteiger partial charge in [0.1, 0.15) is 0 Å². The molecule has 0 radical (unpaired) electrons. The maximum atomic E-state index is 3.89. The van der Waals surface area contributed by atoms with Crippen LogP contribution in [0.15, 0.2) is 30.3 Å². The van der Waals surface area contributed by atoms with Gasteiger partial charge in [0.15, 0.2) is 0 Å². The van der Waals surface area contributed by atoms with Crippen LogP contribution in [0.5, 0.6) is 0 Å². The SMILES string of the molecule is CCN1CCC(C(C)NC2CC2c2ccccc2)CC1. The van der Waals surface area contributed by atoms with Gasteiger partial charge in [0, 0.05) is 18.0 Å². The second-order valence-electron chi connectivity index (χ2n) is 6.59. The number of nitrogens with one attached hydrogen (secondary N) is 1. The quantitative estimate of drug-likeness (QED) is 0.885. The topological polar surface area (TPSA) is 15.3 Å². The standard InChI is InChI=1S/C18H28N2/c1-3-20-11-9-15(10-12-20)14(2)19-18-13-17(18)16-7-5-4-6-8-16/h4-8,14-15,17-19H,3,9-13H2,1-2H3. The summed E-state index contributed by atoms with van der Waals surface area (Å²) in [5.41, 5.74) is 1.51. The van der Waals surface area contributed by atoms with Gasteiger partial charge in [-0.15, -0.1) is 0 Å². The minimum Gasteiger partial charge on any atom is -0.311 e. The van der Waals surface area contributed by atoms with Crippen LogP contribution in [0, 0.1) is 5.92 Å². The van der Waals surface area contributed by atoms with E-state index in [-0.39, 0.29) is 0 Å². The third-order valence-corrected chi connectivity index (χ3v) is 5.28. The van der Waals surface area contributed by atoms with Crippen LogP contribution in [-0.4, -0.2) is 36.6 Å². The molecule has 2 heteroatoms. The molecule has 1 aromatic rings. The lowest BCUT2D eigenvalue weighted by atomic mass is 9.90. The van der Waals surface area contributed by atoms with Crippen molar-refractivity contribution in [2.75, 3.05) is 19.6 Å². The zero-order valence-electron chi connectivity index (χ0n) is 12.9. The maximum Gasteiger partial charge on any atom is 0.0145 e. The number of nitrogens with zero attached hydrogens (tertiary/aromatic N) is 1. The number of piperidine rings is 1. The number of rotatable bonds is 5. The van der Waals surface area contributed by atoms with Gasteiger partial charge in [0.25, 0.3) is 0 Å². The summed E-state index contributed by atoms with van der Waals surface area (Å²) in [6.07, 6.45) is 4.05. The summed E-state index contributed by atoms with van der Waals surface area (Å²) >= 11 is 0. The lowest BCUT2D eigenvalue weighted by molar-refractivity contribution is 0.168. The van der Waals surface area contributed by atoms with Crippen LogP contribution in [0.25, 0.3) is 0 Å². The molecular weight excluding hydrogens is 244 g/mol. The zero-order chi connectivity index (χ0) is 13.9. The monoisotopic (exact) mass is 272 g/mol. The summed E-state index contributed by atoms with van der Waals surface area (Å²) < 4.78 is 0. The van der Waals surface area contributed by atoms with Crippen LogP contribution in [0.3, 0.4) is 0 Å². The van der Waals surface area contributed by atoms with Gasteiger partial charge < -0.3 is 10.2 Å². The van der Waals surface area contributed by atoms with E-state index >= 15 is 0 Å². The van der Waals surface area contributed by atoms with Crippen LogP contribution >= 0.6 is 0 Å². The van der Waals surface area contributed by atoms with Crippen LogP contribution < -0.4 is 5.32 Å². The smallest absolute Gasteiger partial charge is 0.0145 e. The molecule has 2 aliphatic rings. The van der Waals surface area contributed by atoms with Gasteiger partial charge in [0.05, 0.1) is 0 Å². The van der Waals surface area contributed by atoms with E-state index in [0.29, 0.717) is 6.04 Å². The fraction of sp³-hybridized carbons (Fsp3) is 0.667. The average Bonchev–Trinajstić information content (AvgIpc) is 3.27. The van der Waals surface area contributed by atoms with Gasteiger partial charge in [-0.05, 0) is 57.3 Å². The minimum atomic E-state index is 0.674. The van der Waals surface area contributed by atoms with Crippen LogP contribution in [0.4, 0.5) is 0 Å². The molecule has 1 aromatic carbocycles. The van der Waals surface area contributed by atoms with Gasteiger partial charge in [0.2, 0.25) is 0 Å². The highest BCUT2D eigenvalue weighted by Gasteiger charge is 2.39. The van der Waals surface area contributed by atoms with Gasteiger partial charge >= 0.3 is 0 Å². The Labute approximate surface area is 123 Å². The molecule has 3 rings (SSSR count). The van der Waals surface area contributed by atoms with Crippen molar-refractivity contribution >= 4 is 0 Å². The van der Waals surface area contributed by atoms with E-state index in [9.17, 15) is 0 Å². The molecule has 0 bridgehead atoms. The van der Waals surface area contributed by atoms with Crippen LogP contribution in [0.2, 0.25) is 0 Å². The molecule has 1 N–H and O–H groups in total. The van der Waals surface area contributed by atoms with Crippen LogP contribution in [0.1, 0.15) is 44.6 Å². The first-order valence-electron chi connectivity index (χ1n) is 8.31. The van der Waals surface area contributed by atoms with E-state index in [1.165, 1.54) is 44.5 Å². The second kappa shape index (κ2) is 6.28. The molecule has 3 unspecified atom stereocenters. The van der Waals surface area contributed by atoms with Crippen molar-refractivity contribution in [3.63, 3.8) is 0 Å². The highest BCUT2D eigenvalue weighted by Crippen LogP contribution is 2.41. The summed E-state index contributed by atoms with van der Waals surface area (Å²) in [4.78, 5) is 2.58. The average molecular weight is 272 g/mol. The Morgan fingerprint density at radius 3 is 2.55 bits per heavy atom. The van der Waals surface area contributed by atoms with Crippen molar-refractivity contribution in [1.29, 1.82) is 0 Å². The van der Waals surface area contributed by atoms with Crippen molar-refractivity contribution in [3.05, 3.63) is 35.9 Å². The molecule has 3 atom stereocenters. The Balaban J connectivity index is 1.46. The molecule has 2 nitrogen and oxygen atoms in total. The van der Waals surface area contributed by atoms with Crippen molar-refractivity contribution in [2.24, 2.45) is 5.92 Å². The van der Waals surface area contributed by atoms with E-state index in [1.54, 1.807) is 0 Å². The number of hydrogen-bond acceptors (Lipinski definition) is 2. The third-order valence-electron chi connectivity index (χ3n) is 5.28.